The summed E-state index contributed by atoms with van der Waals surface area (Å²) in [5.41, 5.74) is 7.48. The summed E-state index contributed by atoms with van der Waals surface area (Å²) in [6, 6.07) is 31.9. The normalized spacial score (nSPS) is 17.0. The second kappa shape index (κ2) is 11.2. The lowest BCUT2D eigenvalue weighted by molar-refractivity contribution is -0.138. The van der Waals surface area contributed by atoms with Crippen LogP contribution in [0.2, 0.25) is 0 Å². The van der Waals surface area contributed by atoms with Crippen LogP contribution in [-0.4, -0.2) is 27.0 Å². The first-order chi connectivity index (χ1) is 19.5. The number of carbonyl (C=O) groups is 2. The Hall–Kier alpha value is -4.71. The number of aliphatic carboxylic acids is 1. The van der Waals surface area contributed by atoms with Crippen molar-refractivity contribution in [3.8, 4) is 22.5 Å². The lowest BCUT2D eigenvalue weighted by atomic mass is 9.77. The number of carboxylic acid groups (broad SMARTS) is 1. The van der Waals surface area contributed by atoms with Crippen LogP contribution in [0.3, 0.4) is 0 Å². The third kappa shape index (κ3) is 5.66. The van der Waals surface area contributed by atoms with Gasteiger partial charge in [-0.1, -0.05) is 66.7 Å². The highest BCUT2D eigenvalue weighted by molar-refractivity contribution is 6.05. The second-order valence-electron chi connectivity index (χ2n) is 10.7. The molecule has 6 heteroatoms. The Balaban J connectivity index is 1.11. The first kappa shape index (κ1) is 25.6. The fourth-order valence-corrected chi connectivity index (χ4v) is 5.73. The van der Waals surface area contributed by atoms with Crippen molar-refractivity contribution in [2.75, 3.05) is 5.32 Å². The van der Waals surface area contributed by atoms with Gasteiger partial charge in [0, 0.05) is 23.2 Å². The van der Waals surface area contributed by atoms with Gasteiger partial charge in [-0.2, -0.15) is 0 Å². The van der Waals surface area contributed by atoms with Gasteiger partial charge in [0.05, 0.1) is 11.0 Å². The van der Waals surface area contributed by atoms with E-state index in [4.69, 9.17) is 10.1 Å². The maximum absolute atomic E-state index is 12.9. The molecule has 1 aliphatic carbocycles. The number of amides is 1. The van der Waals surface area contributed by atoms with E-state index in [2.05, 4.69) is 34.6 Å². The third-order valence-electron chi connectivity index (χ3n) is 7.96. The van der Waals surface area contributed by atoms with Crippen molar-refractivity contribution in [2.24, 2.45) is 5.92 Å². The summed E-state index contributed by atoms with van der Waals surface area (Å²) in [4.78, 5) is 32.0. The first-order valence-corrected chi connectivity index (χ1v) is 13.8. The minimum Gasteiger partial charge on any atom is -0.481 e. The number of aromatic amines is 1. The maximum atomic E-state index is 12.9. The molecule has 0 bridgehead atoms. The predicted octanol–water partition coefficient (Wildman–Crippen LogP) is 7.90. The van der Waals surface area contributed by atoms with Crippen LogP contribution in [0.15, 0.2) is 97.1 Å². The summed E-state index contributed by atoms with van der Waals surface area (Å²) in [6.07, 6.45) is 4.30. The lowest BCUT2D eigenvalue weighted by Gasteiger charge is -2.28. The molecule has 1 amide bonds. The van der Waals surface area contributed by atoms with Crippen molar-refractivity contribution in [3.63, 3.8) is 0 Å². The van der Waals surface area contributed by atoms with Crippen molar-refractivity contribution in [2.45, 2.75) is 38.0 Å². The molecule has 0 saturated heterocycles. The van der Waals surface area contributed by atoms with Crippen LogP contribution >= 0.6 is 0 Å². The Morgan fingerprint density at radius 3 is 2.17 bits per heavy atom. The molecule has 1 fully saturated rings. The highest BCUT2D eigenvalue weighted by Crippen LogP contribution is 2.37. The minimum atomic E-state index is -0.693. The molecule has 3 N–H and O–H groups in total. The molecule has 200 valence electrons. The fraction of sp³-hybridized carbons (Fsp3) is 0.206. The summed E-state index contributed by atoms with van der Waals surface area (Å²) in [5.74, 6) is 0.717. The Bertz CT molecular complexity index is 1630. The van der Waals surface area contributed by atoms with Gasteiger partial charge in [0.25, 0.3) is 5.91 Å². The van der Waals surface area contributed by atoms with Gasteiger partial charge in [-0.15, -0.1) is 0 Å². The van der Waals surface area contributed by atoms with E-state index in [0.717, 1.165) is 59.2 Å². The monoisotopic (exact) mass is 529 g/mol. The van der Waals surface area contributed by atoms with Gasteiger partial charge in [0.15, 0.2) is 0 Å². The standard InChI is InChI=1S/C34H31N3O3/c38-32(39)20-22-6-8-24(9-7-22)26-10-14-27(15-11-26)33-36-30-19-18-29(21-31(30)37-33)35-34(40)28-16-12-25(13-17-28)23-4-2-1-3-5-23/h1-5,10-19,21-22,24H,6-9,20H2,(H,35,40)(H,36,37)(H,38,39). The Morgan fingerprint density at radius 2 is 1.48 bits per heavy atom. The summed E-state index contributed by atoms with van der Waals surface area (Å²) in [7, 11) is 0. The van der Waals surface area contributed by atoms with Crippen LogP contribution in [0.25, 0.3) is 33.5 Å². The van der Waals surface area contributed by atoms with E-state index in [0.29, 0.717) is 23.1 Å². The summed E-state index contributed by atoms with van der Waals surface area (Å²) < 4.78 is 0. The zero-order valence-corrected chi connectivity index (χ0v) is 22.1. The Labute approximate surface area is 233 Å². The van der Waals surface area contributed by atoms with Crippen molar-refractivity contribution in [3.05, 3.63) is 108 Å². The molecular formula is C34H31N3O3. The highest BCUT2D eigenvalue weighted by Gasteiger charge is 2.24. The van der Waals surface area contributed by atoms with Crippen molar-refractivity contribution in [1.82, 2.24) is 9.97 Å². The van der Waals surface area contributed by atoms with Gasteiger partial charge in [0.2, 0.25) is 0 Å². The van der Waals surface area contributed by atoms with Crippen molar-refractivity contribution < 1.29 is 14.7 Å². The number of hydrogen-bond acceptors (Lipinski definition) is 3. The van der Waals surface area contributed by atoms with Crippen LogP contribution in [-0.2, 0) is 4.79 Å². The number of anilines is 1. The van der Waals surface area contributed by atoms with Crippen LogP contribution in [0.1, 0.15) is 53.9 Å². The number of rotatable bonds is 7. The Kier molecular flexibility index (Phi) is 7.15. The number of carbonyl (C=O) groups excluding carboxylic acids is 1. The molecular weight excluding hydrogens is 498 g/mol. The third-order valence-corrected chi connectivity index (χ3v) is 7.96. The average Bonchev–Trinajstić information content (AvgIpc) is 3.41. The van der Waals surface area contributed by atoms with Gasteiger partial charge in [-0.25, -0.2) is 4.98 Å². The van der Waals surface area contributed by atoms with Gasteiger partial charge in [0.1, 0.15) is 5.82 Å². The first-order valence-electron chi connectivity index (χ1n) is 13.8. The summed E-state index contributed by atoms with van der Waals surface area (Å²) >= 11 is 0. The van der Waals surface area contributed by atoms with Gasteiger partial charge >= 0.3 is 5.97 Å². The number of nitrogens with zero attached hydrogens (tertiary/aromatic N) is 1. The van der Waals surface area contributed by atoms with Crippen LogP contribution in [0.5, 0.6) is 0 Å². The van der Waals surface area contributed by atoms with E-state index in [-0.39, 0.29) is 12.3 Å². The molecule has 1 aromatic heterocycles. The average molecular weight is 530 g/mol. The van der Waals surface area contributed by atoms with Crippen molar-refractivity contribution >= 4 is 28.6 Å². The number of nitrogens with one attached hydrogen (secondary N) is 2. The fourth-order valence-electron chi connectivity index (χ4n) is 5.73. The maximum Gasteiger partial charge on any atom is 0.303 e. The van der Waals surface area contributed by atoms with E-state index in [1.807, 2.05) is 72.8 Å². The van der Waals surface area contributed by atoms with Gasteiger partial charge in [-0.05, 0) is 84.5 Å². The molecule has 40 heavy (non-hydrogen) atoms. The number of benzene rings is 4. The van der Waals surface area contributed by atoms with E-state index in [9.17, 15) is 9.59 Å². The zero-order valence-electron chi connectivity index (χ0n) is 22.1. The molecule has 1 heterocycles. The molecule has 0 unspecified atom stereocenters. The molecule has 6 nitrogen and oxygen atoms in total. The van der Waals surface area contributed by atoms with E-state index in [1.54, 1.807) is 0 Å². The van der Waals surface area contributed by atoms with Crippen molar-refractivity contribution in [1.29, 1.82) is 0 Å². The number of imidazole rings is 1. The quantitative estimate of drug-likeness (QED) is 0.200. The predicted molar refractivity (Wildman–Crippen MR) is 158 cm³/mol. The number of fused-ring (bicyclic) bond motifs is 1. The summed E-state index contributed by atoms with van der Waals surface area (Å²) in [5, 5.41) is 12.1. The highest BCUT2D eigenvalue weighted by atomic mass is 16.4. The van der Waals surface area contributed by atoms with Gasteiger partial charge < -0.3 is 15.4 Å². The molecule has 1 saturated carbocycles. The van der Waals surface area contributed by atoms with Crippen LogP contribution in [0.4, 0.5) is 5.69 Å². The topological polar surface area (TPSA) is 95.1 Å². The van der Waals surface area contributed by atoms with Crippen LogP contribution < -0.4 is 5.32 Å². The smallest absolute Gasteiger partial charge is 0.303 e. The zero-order chi connectivity index (χ0) is 27.5. The lowest BCUT2D eigenvalue weighted by Crippen LogP contribution is -2.16. The van der Waals surface area contributed by atoms with Gasteiger partial charge in [-0.3, -0.25) is 9.59 Å². The van der Waals surface area contributed by atoms with E-state index in [1.165, 1.54) is 5.56 Å². The molecule has 5 aromatic rings. The minimum absolute atomic E-state index is 0.161. The molecule has 0 aliphatic heterocycles. The molecule has 1 aliphatic rings. The number of H-pyrrole nitrogens is 1. The second-order valence-corrected chi connectivity index (χ2v) is 10.7. The SMILES string of the molecule is O=C(O)CC1CCC(c2ccc(-c3nc4ccc(NC(=O)c5ccc(-c6ccccc6)cc5)cc4[nH]3)cc2)CC1. The Morgan fingerprint density at radius 1 is 0.800 bits per heavy atom. The number of aromatic nitrogens is 2. The number of hydrogen-bond donors (Lipinski definition) is 3. The molecule has 4 aromatic carbocycles. The van der Waals surface area contributed by atoms with E-state index < -0.39 is 5.97 Å². The molecule has 0 atom stereocenters. The summed E-state index contributed by atoms with van der Waals surface area (Å²) in [6.45, 7) is 0. The van der Waals surface area contributed by atoms with E-state index >= 15 is 0 Å². The molecule has 0 spiro atoms. The molecule has 6 rings (SSSR count). The van der Waals surface area contributed by atoms with Crippen LogP contribution in [0, 0.1) is 5.92 Å². The number of carboxylic acids is 1. The largest absolute Gasteiger partial charge is 0.481 e. The molecule has 0 radical (unpaired) electrons.